The van der Waals surface area contributed by atoms with Crippen molar-refractivity contribution in [1.82, 2.24) is 0 Å². The second-order valence-corrected chi connectivity index (χ2v) is 4.01. The second-order valence-electron chi connectivity index (χ2n) is 4.01. The van der Waals surface area contributed by atoms with Gasteiger partial charge >= 0.3 is 5.97 Å². The first-order valence-electron chi connectivity index (χ1n) is 5.20. The van der Waals surface area contributed by atoms with Crippen LogP contribution >= 0.6 is 0 Å². The zero-order chi connectivity index (χ0) is 12.2. The summed E-state index contributed by atoms with van der Waals surface area (Å²) in [5, 5.41) is 18.7. The lowest BCUT2D eigenvalue weighted by Crippen LogP contribution is -2.45. The number of aliphatic hydroxyl groups excluding tert-OH is 1. The fourth-order valence-corrected chi connectivity index (χ4v) is 1.88. The minimum atomic E-state index is -1.20. The summed E-state index contributed by atoms with van der Waals surface area (Å²) in [6, 6.07) is 8.80. The van der Waals surface area contributed by atoms with Gasteiger partial charge in [-0.15, -0.1) is 0 Å². The summed E-state index contributed by atoms with van der Waals surface area (Å²) in [4.78, 5) is 11.4. The highest BCUT2D eigenvalue weighted by Gasteiger charge is 2.39. The zero-order valence-corrected chi connectivity index (χ0v) is 9.26. The van der Waals surface area contributed by atoms with E-state index in [1.54, 1.807) is 31.2 Å². The topological polar surface area (TPSA) is 83.5 Å². The van der Waals surface area contributed by atoms with Crippen LogP contribution in [0.1, 0.15) is 18.9 Å². The molecule has 0 spiro atoms. The van der Waals surface area contributed by atoms with Crippen molar-refractivity contribution in [2.75, 3.05) is 6.54 Å². The molecule has 0 radical (unpaired) electrons. The Morgan fingerprint density at radius 1 is 1.44 bits per heavy atom. The van der Waals surface area contributed by atoms with Crippen molar-refractivity contribution < 1.29 is 15.0 Å². The number of aliphatic carboxylic acids is 1. The minimum absolute atomic E-state index is 0.0305. The van der Waals surface area contributed by atoms with Crippen molar-refractivity contribution in [3.63, 3.8) is 0 Å². The number of nitrogens with two attached hydrogens (primary N) is 1. The zero-order valence-electron chi connectivity index (χ0n) is 9.26. The lowest BCUT2D eigenvalue weighted by Gasteiger charge is -2.29. The highest BCUT2D eigenvalue weighted by Crippen LogP contribution is 2.28. The number of hydrogen-bond donors (Lipinski definition) is 3. The molecule has 4 N–H and O–H groups in total. The second kappa shape index (κ2) is 5.09. The molecule has 0 aliphatic carbocycles. The average Bonchev–Trinajstić information content (AvgIpc) is 2.26. The van der Waals surface area contributed by atoms with Gasteiger partial charge in [-0.1, -0.05) is 30.3 Å². The van der Waals surface area contributed by atoms with Crippen LogP contribution in [0.4, 0.5) is 0 Å². The van der Waals surface area contributed by atoms with Crippen molar-refractivity contribution in [2.24, 2.45) is 5.73 Å². The molecule has 2 unspecified atom stereocenters. The third kappa shape index (κ3) is 2.40. The van der Waals surface area contributed by atoms with Gasteiger partial charge in [0.1, 0.15) is 5.41 Å². The average molecular weight is 223 g/mol. The molecule has 16 heavy (non-hydrogen) atoms. The Hall–Kier alpha value is -1.39. The molecule has 0 heterocycles. The maximum atomic E-state index is 11.4. The molecule has 0 aromatic heterocycles. The normalized spacial score (nSPS) is 16.4. The molecule has 0 bridgehead atoms. The Morgan fingerprint density at radius 2 is 2.00 bits per heavy atom. The Labute approximate surface area is 94.7 Å². The molecule has 4 heteroatoms. The molecular weight excluding hydrogens is 206 g/mol. The van der Waals surface area contributed by atoms with Crippen LogP contribution in [-0.4, -0.2) is 28.8 Å². The molecule has 0 aliphatic rings. The van der Waals surface area contributed by atoms with Crippen LogP contribution < -0.4 is 5.73 Å². The molecule has 0 amide bonds. The van der Waals surface area contributed by atoms with Crippen LogP contribution in [-0.2, 0) is 10.2 Å². The first kappa shape index (κ1) is 12.7. The number of aliphatic hydroxyl groups is 1. The van der Waals surface area contributed by atoms with E-state index in [0.29, 0.717) is 5.56 Å². The standard InChI is InChI=1S/C12H17NO3/c1-9(14)7-12(8-13,11(15)16)10-5-3-2-4-6-10/h2-6,9,14H,7-8,13H2,1H3,(H,15,16). The third-order valence-electron chi connectivity index (χ3n) is 2.73. The molecule has 2 atom stereocenters. The Morgan fingerprint density at radius 3 is 2.38 bits per heavy atom. The van der Waals surface area contributed by atoms with Gasteiger partial charge in [-0.25, -0.2) is 0 Å². The Kier molecular flexibility index (Phi) is 4.04. The van der Waals surface area contributed by atoms with E-state index < -0.39 is 17.5 Å². The lowest BCUT2D eigenvalue weighted by molar-refractivity contribution is -0.144. The smallest absolute Gasteiger partial charge is 0.315 e. The monoisotopic (exact) mass is 223 g/mol. The van der Waals surface area contributed by atoms with E-state index in [2.05, 4.69) is 0 Å². The number of carboxylic acid groups (broad SMARTS) is 1. The van der Waals surface area contributed by atoms with Crippen molar-refractivity contribution in [3.05, 3.63) is 35.9 Å². The van der Waals surface area contributed by atoms with Crippen molar-refractivity contribution >= 4 is 5.97 Å². The van der Waals surface area contributed by atoms with Crippen molar-refractivity contribution in [3.8, 4) is 0 Å². The van der Waals surface area contributed by atoms with Crippen molar-refractivity contribution in [1.29, 1.82) is 0 Å². The SMILES string of the molecule is CC(O)CC(CN)(C(=O)O)c1ccccc1. The van der Waals surface area contributed by atoms with Gasteiger partial charge in [0, 0.05) is 6.54 Å². The van der Waals surface area contributed by atoms with E-state index in [9.17, 15) is 15.0 Å². The Bertz CT molecular complexity index is 351. The van der Waals surface area contributed by atoms with Crippen molar-refractivity contribution in [2.45, 2.75) is 24.9 Å². The highest BCUT2D eigenvalue weighted by atomic mass is 16.4. The van der Waals surface area contributed by atoms with Crippen LogP contribution in [0.15, 0.2) is 30.3 Å². The quantitative estimate of drug-likeness (QED) is 0.687. The molecule has 4 nitrogen and oxygen atoms in total. The highest BCUT2D eigenvalue weighted by molar-refractivity contribution is 5.81. The first-order valence-corrected chi connectivity index (χ1v) is 5.20. The van der Waals surface area contributed by atoms with Crippen LogP contribution in [0.5, 0.6) is 0 Å². The summed E-state index contributed by atoms with van der Waals surface area (Å²) in [7, 11) is 0. The maximum absolute atomic E-state index is 11.4. The van der Waals surface area contributed by atoms with Gasteiger partial charge < -0.3 is 15.9 Å². The minimum Gasteiger partial charge on any atom is -0.481 e. The Balaban J connectivity index is 3.18. The van der Waals surface area contributed by atoms with Gasteiger partial charge in [0.05, 0.1) is 6.10 Å². The molecule has 1 aromatic rings. The van der Waals surface area contributed by atoms with Crippen LogP contribution in [0.2, 0.25) is 0 Å². The number of carbonyl (C=O) groups is 1. The maximum Gasteiger partial charge on any atom is 0.315 e. The van der Waals surface area contributed by atoms with Gasteiger partial charge in [-0.05, 0) is 18.9 Å². The molecule has 1 rings (SSSR count). The predicted octanol–water partition coefficient (Wildman–Crippen LogP) is 0.739. The van der Waals surface area contributed by atoms with Crippen LogP contribution in [0.3, 0.4) is 0 Å². The van der Waals surface area contributed by atoms with Gasteiger partial charge in [0.25, 0.3) is 0 Å². The first-order chi connectivity index (χ1) is 7.53. The number of rotatable bonds is 5. The fraction of sp³-hybridized carbons (Fsp3) is 0.417. The van der Waals surface area contributed by atoms with Gasteiger partial charge in [0.2, 0.25) is 0 Å². The van der Waals surface area contributed by atoms with E-state index in [-0.39, 0.29) is 13.0 Å². The number of hydrogen-bond acceptors (Lipinski definition) is 3. The van der Waals surface area contributed by atoms with E-state index >= 15 is 0 Å². The van der Waals surface area contributed by atoms with Gasteiger partial charge in [-0.3, -0.25) is 4.79 Å². The molecule has 1 aromatic carbocycles. The van der Waals surface area contributed by atoms with E-state index in [4.69, 9.17) is 5.73 Å². The van der Waals surface area contributed by atoms with Gasteiger partial charge in [0.15, 0.2) is 0 Å². The third-order valence-corrected chi connectivity index (χ3v) is 2.73. The molecule has 0 aliphatic heterocycles. The molecule has 0 fully saturated rings. The predicted molar refractivity (Wildman–Crippen MR) is 61.1 cm³/mol. The van der Waals surface area contributed by atoms with Gasteiger partial charge in [-0.2, -0.15) is 0 Å². The molecule has 88 valence electrons. The molecule has 0 saturated heterocycles. The van der Waals surface area contributed by atoms with Crippen LogP contribution in [0.25, 0.3) is 0 Å². The van der Waals surface area contributed by atoms with Crippen LogP contribution in [0, 0.1) is 0 Å². The number of carboxylic acids is 1. The largest absolute Gasteiger partial charge is 0.481 e. The summed E-state index contributed by atoms with van der Waals surface area (Å²) in [5.41, 5.74) is 5.03. The van der Waals surface area contributed by atoms with E-state index in [1.165, 1.54) is 0 Å². The van der Waals surface area contributed by atoms with E-state index in [0.717, 1.165) is 0 Å². The molecular formula is C12H17NO3. The van der Waals surface area contributed by atoms with E-state index in [1.807, 2.05) is 6.07 Å². The summed E-state index contributed by atoms with van der Waals surface area (Å²) >= 11 is 0. The fourth-order valence-electron chi connectivity index (χ4n) is 1.88. The summed E-state index contributed by atoms with van der Waals surface area (Å²) in [5.74, 6) is -0.998. The number of benzene rings is 1. The molecule has 0 saturated carbocycles. The summed E-state index contributed by atoms with van der Waals surface area (Å²) < 4.78 is 0. The summed E-state index contributed by atoms with van der Waals surface area (Å²) in [6.45, 7) is 1.54. The summed E-state index contributed by atoms with van der Waals surface area (Å²) in [6.07, 6.45) is -0.595. The lowest BCUT2D eigenvalue weighted by atomic mass is 9.76.